The van der Waals surface area contributed by atoms with Crippen LogP contribution in [0.4, 0.5) is 0 Å². The Morgan fingerprint density at radius 2 is 2.11 bits per heavy atom. The van der Waals surface area contributed by atoms with Gasteiger partial charge in [0, 0.05) is 18.6 Å². The normalized spacial score (nSPS) is 54.8. The van der Waals surface area contributed by atoms with E-state index in [0.717, 1.165) is 18.4 Å². The molecule has 4 aliphatic rings. The second kappa shape index (κ2) is 4.06. The highest BCUT2D eigenvalue weighted by Gasteiger charge is 2.70. The largest absolute Gasteiger partial charge is 0.419 e. The molecule has 2 bridgehead atoms. The zero-order valence-electron chi connectivity index (χ0n) is 11.4. The van der Waals surface area contributed by atoms with Gasteiger partial charge in [-0.05, 0) is 61.4 Å². The van der Waals surface area contributed by atoms with Crippen molar-refractivity contribution in [1.29, 1.82) is 0 Å². The molecule has 0 aromatic rings. The van der Waals surface area contributed by atoms with Crippen LogP contribution in [0.1, 0.15) is 51.4 Å². The van der Waals surface area contributed by atoms with E-state index >= 15 is 0 Å². The number of hydrogen-bond donors (Lipinski definition) is 1. The van der Waals surface area contributed by atoms with Gasteiger partial charge in [-0.1, -0.05) is 12.8 Å². The van der Waals surface area contributed by atoms with E-state index in [1.54, 1.807) is 0 Å². The maximum atomic E-state index is 10.2. The van der Waals surface area contributed by atoms with E-state index in [2.05, 4.69) is 0 Å². The Balaban J connectivity index is 1.73. The molecule has 0 amide bonds. The first-order valence-corrected chi connectivity index (χ1v) is 9.91. The minimum Gasteiger partial charge on any atom is -0.419 e. The molecule has 5 unspecified atom stereocenters. The van der Waals surface area contributed by atoms with E-state index in [9.17, 15) is 5.11 Å². The summed E-state index contributed by atoms with van der Waals surface area (Å²) in [6.45, 7) is 1.48. The summed E-state index contributed by atoms with van der Waals surface area (Å²) in [6.07, 6.45) is 11.0. The molecule has 4 fully saturated rings. The number of rotatable bonds is 2. The Morgan fingerprint density at radius 1 is 1.17 bits per heavy atom. The van der Waals surface area contributed by atoms with Gasteiger partial charge in [0.15, 0.2) is 9.04 Å². The van der Waals surface area contributed by atoms with Crippen LogP contribution in [-0.2, 0) is 4.43 Å². The molecule has 0 aromatic carbocycles. The Bertz CT molecular complexity index is 341. The molecule has 2 nitrogen and oxygen atoms in total. The van der Waals surface area contributed by atoms with E-state index in [0.29, 0.717) is 17.1 Å². The number of aliphatic hydroxyl groups excluding tert-OH is 1. The van der Waals surface area contributed by atoms with E-state index in [1.165, 1.54) is 57.4 Å². The van der Waals surface area contributed by atoms with Crippen molar-refractivity contribution < 1.29 is 9.53 Å². The Hall–Kier alpha value is 0.137. The van der Waals surface area contributed by atoms with Crippen LogP contribution < -0.4 is 0 Å². The average molecular weight is 266 g/mol. The smallest absolute Gasteiger partial charge is 0.183 e. The van der Waals surface area contributed by atoms with Gasteiger partial charge in [0.2, 0.25) is 0 Å². The summed E-state index contributed by atoms with van der Waals surface area (Å²) in [4.78, 5) is 0. The van der Waals surface area contributed by atoms with Gasteiger partial charge in [-0.25, -0.2) is 0 Å². The van der Waals surface area contributed by atoms with E-state index in [4.69, 9.17) is 4.43 Å². The maximum Gasteiger partial charge on any atom is 0.183 e. The zero-order chi connectivity index (χ0) is 12.2. The van der Waals surface area contributed by atoms with Crippen LogP contribution in [0.5, 0.6) is 0 Å². The topological polar surface area (TPSA) is 29.5 Å². The van der Waals surface area contributed by atoms with Gasteiger partial charge in [0.05, 0.1) is 0 Å². The summed E-state index contributed by atoms with van der Waals surface area (Å²) in [6, 6.07) is 1.39. The molecule has 18 heavy (non-hydrogen) atoms. The molecular formula is C15H26O2Si. The molecule has 102 valence electrons. The highest BCUT2D eigenvalue weighted by molar-refractivity contribution is 6.56. The first-order chi connectivity index (χ1) is 8.82. The van der Waals surface area contributed by atoms with E-state index in [1.807, 2.05) is 0 Å². The van der Waals surface area contributed by atoms with Crippen molar-refractivity contribution in [2.45, 2.75) is 62.4 Å². The van der Waals surface area contributed by atoms with Gasteiger partial charge in [-0.15, -0.1) is 0 Å². The van der Waals surface area contributed by atoms with Gasteiger partial charge in [0.25, 0.3) is 0 Å². The fourth-order valence-electron chi connectivity index (χ4n) is 6.46. The van der Waals surface area contributed by atoms with Crippen LogP contribution >= 0.6 is 0 Å². The van der Waals surface area contributed by atoms with Crippen LogP contribution in [0, 0.1) is 17.3 Å². The van der Waals surface area contributed by atoms with Crippen molar-refractivity contribution in [2.24, 2.45) is 17.3 Å². The summed E-state index contributed by atoms with van der Waals surface area (Å²) in [5.41, 5.74) is 0.310. The highest BCUT2D eigenvalue weighted by Crippen LogP contribution is 2.78. The summed E-state index contributed by atoms with van der Waals surface area (Å²) in [7, 11) is -1.09. The van der Waals surface area contributed by atoms with E-state index in [-0.39, 0.29) is 0 Å². The van der Waals surface area contributed by atoms with Gasteiger partial charge in [-0.2, -0.15) is 0 Å². The molecule has 4 rings (SSSR count). The molecule has 3 heteroatoms. The SMILES string of the molecule is OCC12CCCC1C1CCC2([SiH]2CCCCO2)C1. The minimum absolute atomic E-state index is 0.310. The molecule has 3 saturated carbocycles. The lowest BCUT2D eigenvalue weighted by molar-refractivity contribution is 0.0313. The van der Waals surface area contributed by atoms with E-state index < -0.39 is 9.04 Å². The maximum absolute atomic E-state index is 10.2. The van der Waals surface area contributed by atoms with Crippen LogP contribution in [0.2, 0.25) is 11.1 Å². The molecule has 0 spiro atoms. The fraction of sp³-hybridized carbons (Fsp3) is 1.00. The lowest BCUT2D eigenvalue weighted by atomic mass is 9.68. The summed E-state index contributed by atoms with van der Waals surface area (Å²) < 4.78 is 6.35. The molecule has 0 radical (unpaired) electrons. The van der Waals surface area contributed by atoms with Crippen LogP contribution in [0.25, 0.3) is 0 Å². The Kier molecular flexibility index (Phi) is 2.69. The predicted molar refractivity (Wildman–Crippen MR) is 74.0 cm³/mol. The molecule has 5 atom stereocenters. The monoisotopic (exact) mass is 266 g/mol. The lowest BCUT2D eigenvalue weighted by Gasteiger charge is -2.51. The van der Waals surface area contributed by atoms with Crippen LogP contribution in [0.15, 0.2) is 0 Å². The summed E-state index contributed by atoms with van der Waals surface area (Å²) in [5.74, 6) is 1.80. The number of hydrogen-bond acceptors (Lipinski definition) is 2. The molecule has 0 aromatic heterocycles. The van der Waals surface area contributed by atoms with Crippen LogP contribution in [-0.4, -0.2) is 27.4 Å². The highest BCUT2D eigenvalue weighted by atomic mass is 28.3. The van der Waals surface area contributed by atoms with Crippen molar-refractivity contribution in [1.82, 2.24) is 0 Å². The molecule has 1 heterocycles. The van der Waals surface area contributed by atoms with Crippen molar-refractivity contribution >= 4 is 9.04 Å². The first kappa shape index (κ1) is 11.9. The van der Waals surface area contributed by atoms with Gasteiger partial charge in [-0.3, -0.25) is 0 Å². The fourth-order valence-corrected chi connectivity index (χ4v) is 10.8. The Morgan fingerprint density at radius 3 is 2.89 bits per heavy atom. The van der Waals surface area contributed by atoms with Crippen molar-refractivity contribution in [2.75, 3.05) is 13.2 Å². The van der Waals surface area contributed by atoms with Gasteiger partial charge >= 0.3 is 0 Å². The summed E-state index contributed by atoms with van der Waals surface area (Å²) >= 11 is 0. The second-order valence-corrected chi connectivity index (χ2v) is 10.3. The second-order valence-electron chi connectivity index (χ2n) is 7.33. The predicted octanol–water partition coefficient (Wildman–Crippen LogP) is 2.85. The molecule has 1 aliphatic heterocycles. The van der Waals surface area contributed by atoms with Crippen molar-refractivity contribution in [3.05, 3.63) is 0 Å². The standard InChI is InChI=1S/C15H26O2Si/c16-11-14-6-3-4-13(14)12-5-7-15(14,10-12)18-9-2-1-8-17-18/h12-13,16,18H,1-11H2. The van der Waals surface area contributed by atoms with Crippen LogP contribution in [0.3, 0.4) is 0 Å². The number of fused-ring (bicyclic) bond motifs is 5. The lowest BCUT2D eigenvalue weighted by Crippen LogP contribution is -2.49. The average Bonchev–Trinajstić information content (AvgIpc) is 3.10. The Labute approximate surface area is 112 Å². The van der Waals surface area contributed by atoms with Crippen molar-refractivity contribution in [3.8, 4) is 0 Å². The van der Waals surface area contributed by atoms with Gasteiger partial charge in [0.1, 0.15) is 0 Å². The summed E-state index contributed by atoms with van der Waals surface area (Å²) in [5, 5.41) is 10.7. The molecule has 1 N–H and O–H groups in total. The third-order valence-corrected chi connectivity index (χ3v) is 11.0. The number of aliphatic hydroxyl groups is 1. The first-order valence-electron chi connectivity index (χ1n) is 8.05. The quantitative estimate of drug-likeness (QED) is 0.779. The minimum atomic E-state index is -1.09. The zero-order valence-corrected chi connectivity index (χ0v) is 12.5. The van der Waals surface area contributed by atoms with Gasteiger partial charge < -0.3 is 9.53 Å². The molecular weight excluding hydrogens is 240 g/mol. The third-order valence-electron chi connectivity index (χ3n) is 7.07. The molecule has 3 aliphatic carbocycles. The molecule has 1 saturated heterocycles. The third kappa shape index (κ3) is 1.26. The van der Waals surface area contributed by atoms with Crippen molar-refractivity contribution in [3.63, 3.8) is 0 Å².